The first-order valence-corrected chi connectivity index (χ1v) is 6.01. The molecule has 114 valence electrons. The summed E-state index contributed by atoms with van der Waals surface area (Å²) >= 11 is 0. The molecular formula is C13H13F3N2O3. The Kier molecular flexibility index (Phi) is 3.35. The molecule has 1 heterocycles. The van der Waals surface area contributed by atoms with Gasteiger partial charge in [0.2, 0.25) is 5.82 Å². The van der Waals surface area contributed by atoms with Gasteiger partial charge in [-0.1, -0.05) is 0 Å². The van der Waals surface area contributed by atoms with Crippen molar-refractivity contribution in [1.29, 1.82) is 0 Å². The van der Waals surface area contributed by atoms with Gasteiger partial charge in [0.05, 0.1) is 11.0 Å². The zero-order valence-electron chi connectivity index (χ0n) is 11.5. The topological polar surface area (TPSA) is 64.4 Å². The number of phenols is 1. The van der Waals surface area contributed by atoms with Crippen molar-refractivity contribution in [2.45, 2.75) is 32.5 Å². The highest BCUT2D eigenvalue weighted by Gasteiger charge is 2.40. The number of aromatic nitrogens is 2. The van der Waals surface area contributed by atoms with E-state index in [0.717, 1.165) is 6.07 Å². The molecule has 1 aromatic carbocycles. The monoisotopic (exact) mass is 302 g/mol. The van der Waals surface area contributed by atoms with Crippen LogP contribution >= 0.6 is 0 Å². The van der Waals surface area contributed by atoms with Gasteiger partial charge in [0.25, 0.3) is 0 Å². The predicted molar refractivity (Wildman–Crippen MR) is 68.0 cm³/mol. The minimum atomic E-state index is -4.83. The van der Waals surface area contributed by atoms with E-state index in [1.54, 1.807) is 0 Å². The van der Waals surface area contributed by atoms with Gasteiger partial charge in [-0.3, -0.25) is 0 Å². The number of ether oxygens (including phenoxy) is 1. The number of carbonyl (C=O) groups excluding carboxylic acids is 1. The fraction of sp³-hybridized carbons (Fsp3) is 0.385. The summed E-state index contributed by atoms with van der Waals surface area (Å²) in [4.78, 5) is 15.4. The summed E-state index contributed by atoms with van der Waals surface area (Å²) in [5.74, 6) is -1.67. The third kappa shape index (κ3) is 3.09. The van der Waals surface area contributed by atoms with Crippen LogP contribution in [0.4, 0.5) is 18.0 Å². The molecule has 8 heteroatoms. The molecule has 0 aliphatic rings. The van der Waals surface area contributed by atoms with E-state index in [0.29, 0.717) is 4.57 Å². The van der Waals surface area contributed by atoms with Crippen molar-refractivity contribution in [3.63, 3.8) is 0 Å². The van der Waals surface area contributed by atoms with Gasteiger partial charge in [0.1, 0.15) is 11.4 Å². The fourth-order valence-corrected chi connectivity index (χ4v) is 1.75. The molecule has 0 fully saturated rings. The molecule has 0 amide bonds. The van der Waals surface area contributed by atoms with E-state index in [9.17, 15) is 23.1 Å². The van der Waals surface area contributed by atoms with Crippen molar-refractivity contribution in [3.8, 4) is 5.75 Å². The first-order valence-electron chi connectivity index (χ1n) is 6.01. The molecular weight excluding hydrogens is 289 g/mol. The quantitative estimate of drug-likeness (QED) is 0.808. The third-order valence-corrected chi connectivity index (χ3v) is 2.47. The SMILES string of the molecule is CC(C)(C)OC(=O)n1c(C(F)(F)F)nc2ccc(O)cc21. The zero-order chi connectivity index (χ0) is 16.0. The molecule has 1 N–H and O–H groups in total. The van der Waals surface area contributed by atoms with Crippen LogP contribution in [-0.4, -0.2) is 26.4 Å². The van der Waals surface area contributed by atoms with Gasteiger partial charge in [0.15, 0.2) is 0 Å². The molecule has 0 radical (unpaired) electrons. The summed E-state index contributed by atoms with van der Waals surface area (Å²) < 4.78 is 44.4. The van der Waals surface area contributed by atoms with Crippen molar-refractivity contribution < 1.29 is 27.8 Å². The van der Waals surface area contributed by atoms with Gasteiger partial charge < -0.3 is 9.84 Å². The van der Waals surface area contributed by atoms with Crippen LogP contribution in [0, 0.1) is 0 Å². The molecule has 2 rings (SSSR count). The molecule has 2 aromatic rings. The lowest BCUT2D eigenvalue weighted by atomic mass is 10.2. The lowest BCUT2D eigenvalue weighted by molar-refractivity contribution is -0.146. The van der Waals surface area contributed by atoms with E-state index < -0.39 is 23.7 Å². The molecule has 5 nitrogen and oxygen atoms in total. The Morgan fingerprint density at radius 1 is 1.29 bits per heavy atom. The maximum absolute atomic E-state index is 13.0. The summed E-state index contributed by atoms with van der Waals surface area (Å²) in [7, 11) is 0. The van der Waals surface area contributed by atoms with Gasteiger partial charge in [-0.2, -0.15) is 13.2 Å². The van der Waals surface area contributed by atoms with Crippen LogP contribution in [0.5, 0.6) is 5.75 Å². The van der Waals surface area contributed by atoms with Crippen LogP contribution in [0.1, 0.15) is 26.6 Å². The Hall–Kier alpha value is -2.25. The van der Waals surface area contributed by atoms with E-state index in [2.05, 4.69) is 4.98 Å². The molecule has 0 saturated heterocycles. The second-order valence-electron chi connectivity index (χ2n) is 5.42. The lowest BCUT2D eigenvalue weighted by Gasteiger charge is -2.20. The second-order valence-corrected chi connectivity index (χ2v) is 5.42. The number of fused-ring (bicyclic) bond motifs is 1. The largest absolute Gasteiger partial charge is 0.508 e. The van der Waals surface area contributed by atoms with Crippen LogP contribution in [0.25, 0.3) is 11.0 Å². The van der Waals surface area contributed by atoms with Crippen LogP contribution < -0.4 is 0 Å². The molecule has 0 bridgehead atoms. The Bertz CT molecular complexity index is 699. The normalized spacial score (nSPS) is 12.7. The van der Waals surface area contributed by atoms with Crippen LogP contribution in [0.3, 0.4) is 0 Å². The summed E-state index contributed by atoms with van der Waals surface area (Å²) in [5, 5.41) is 9.41. The molecule has 1 aromatic heterocycles. The van der Waals surface area contributed by atoms with E-state index in [1.807, 2.05) is 0 Å². The van der Waals surface area contributed by atoms with Crippen LogP contribution in [-0.2, 0) is 10.9 Å². The van der Waals surface area contributed by atoms with Gasteiger partial charge in [0, 0.05) is 6.07 Å². The molecule has 0 saturated carbocycles. The highest BCUT2D eigenvalue weighted by Crippen LogP contribution is 2.33. The van der Waals surface area contributed by atoms with Crippen LogP contribution in [0.2, 0.25) is 0 Å². The average molecular weight is 302 g/mol. The maximum atomic E-state index is 13.0. The van der Waals surface area contributed by atoms with Gasteiger partial charge >= 0.3 is 12.3 Å². The van der Waals surface area contributed by atoms with Crippen LogP contribution in [0.15, 0.2) is 18.2 Å². The third-order valence-electron chi connectivity index (χ3n) is 2.47. The van der Waals surface area contributed by atoms with Gasteiger partial charge in [-0.05, 0) is 32.9 Å². The number of imidazole rings is 1. The maximum Gasteiger partial charge on any atom is 0.450 e. The van der Waals surface area contributed by atoms with E-state index >= 15 is 0 Å². The molecule has 0 aliphatic carbocycles. The Labute approximate surface area is 118 Å². The number of halogens is 3. The minimum Gasteiger partial charge on any atom is -0.508 e. The number of alkyl halides is 3. The smallest absolute Gasteiger partial charge is 0.450 e. The van der Waals surface area contributed by atoms with Crippen molar-refractivity contribution >= 4 is 17.1 Å². The standard InChI is InChI=1S/C13H13F3N2O3/c1-12(2,3)21-11(20)18-9-6-7(19)4-5-8(9)17-10(18)13(14,15)16/h4-6,19H,1-3H3. The molecule has 0 atom stereocenters. The van der Waals surface area contributed by atoms with Crippen molar-refractivity contribution in [1.82, 2.24) is 9.55 Å². The van der Waals surface area contributed by atoms with E-state index in [4.69, 9.17) is 4.74 Å². The molecule has 0 spiro atoms. The minimum absolute atomic E-state index is 0.0639. The lowest BCUT2D eigenvalue weighted by Crippen LogP contribution is -2.29. The summed E-state index contributed by atoms with van der Waals surface area (Å²) in [6, 6.07) is 3.41. The molecule has 21 heavy (non-hydrogen) atoms. The predicted octanol–water partition coefficient (Wildman–Crippen LogP) is 3.54. The Morgan fingerprint density at radius 2 is 1.90 bits per heavy atom. The highest BCUT2D eigenvalue weighted by molar-refractivity contribution is 5.88. The van der Waals surface area contributed by atoms with Crippen molar-refractivity contribution in [2.24, 2.45) is 0 Å². The zero-order valence-corrected chi connectivity index (χ0v) is 11.5. The average Bonchev–Trinajstić information content (AvgIpc) is 2.64. The molecule has 0 aliphatic heterocycles. The number of nitrogens with zero attached hydrogens (tertiary/aromatic N) is 2. The number of aromatic hydroxyl groups is 1. The molecule has 0 unspecified atom stereocenters. The van der Waals surface area contributed by atoms with E-state index in [1.165, 1.54) is 32.9 Å². The number of rotatable bonds is 0. The first-order chi connectivity index (χ1) is 9.49. The van der Waals surface area contributed by atoms with Crippen molar-refractivity contribution in [2.75, 3.05) is 0 Å². The van der Waals surface area contributed by atoms with Gasteiger partial charge in [-0.15, -0.1) is 0 Å². The van der Waals surface area contributed by atoms with Gasteiger partial charge in [-0.25, -0.2) is 14.3 Å². The van der Waals surface area contributed by atoms with Crippen molar-refractivity contribution in [3.05, 3.63) is 24.0 Å². The number of hydrogen-bond donors (Lipinski definition) is 1. The summed E-state index contributed by atoms with van der Waals surface area (Å²) in [6.07, 6.45) is -6.03. The fourth-order valence-electron chi connectivity index (χ4n) is 1.75. The number of benzene rings is 1. The summed E-state index contributed by atoms with van der Waals surface area (Å²) in [6.45, 7) is 4.61. The summed E-state index contributed by atoms with van der Waals surface area (Å²) in [5.41, 5.74) is -1.20. The highest BCUT2D eigenvalue weighted by atomic mass is 19.4. The second kappa shape index (κ2) is 4.64. The number of phenolic OH excluding ortho intramolecular Hbond substituents is 1. The number of carbonyl (C=O) groups is 1. The van der Waals surface area contributed by atoms with E-state index in [-0.39, 0.29) is 16.8 Å². The first kappa shape index (κ1) is 15.1. The Balaban J connectivity index is 2.68. The Morgan fingerprint density at radius 3 is 2.43 bits per heavy atom. The number of hydrogen-bond acceptors (Lipinski definition) is 4.